The molecule has 0 saturated carbocycles. The van der Waals surface area contributed by atoms with Crippen molar-refractivity contribution in [2.75, 3.05) is 34.0 Å². The second kappa shape index (κ2) is 9.42. The fourth-order valence-electron chi connectivity index (χ4n) is 3.34. The van der Waals surface area contributed by atoms with Crippen LogP contribution in [-0.4, -0.2) is 45.0 Å². The number of carbonyl (C=O) groups is 1. The summed E-state index contributed by atoms with van der Waals surface area (Å²) in [5.74, 6) is 3.18. The first-order valence-corrected chi connectivity index (χ1v) is 9.99. The lowest BCUT2D eigenvalue weighted by atomic mass is 10.1. The fraction of sp³-hybridized carbons (Fsp3) is 0.304. The molecule has 8 nitrogen and oxygen atoms in total. The zero-order valence-electron chi connectivity index (χ0n) is 17.5. The van der Waals surface area contributed by atoms with Gasteiger partial charge in [-0.3, -0.25) is 4.79 Å². The molecule has 1 aliphatic rings. The van der Waals surface area contributed by atoms with E-state index >= 15 is 0 Å². The number of hydrogen-bond donors (Lipinski definition) is 1. The van der Waals surface area contributed by atoms with Crippen molar-refractivity contribution in [3.8, 4) is 34.3 Å². The summed E-state index contributed by atoms with van der Waals surface area (Å²) in [6.45, 7) is 1.56. The number of aromatic nitrogens is 1. The Morgan fingerprint density at radius 2 is 1.81 bits per heavy atom. The van der Waals surface area contributed by atoms with E-state index in [0.29, 0.717) is 60.6 Å². The molecule has 3 aromatic rings. The molecule has 0 saturated heterocycles. The van der Waals surface area contributed by atoms with Crippen molar-refractivity contribution in [3.05, 3.63) is 53.7 Å². The number of nitrogens with one attached hydrogen (secondary N) is 1. The van der Waals surface area contributed by atoms with Crippen LogP contribution in [-0.2, 0) is 17.6 Å². The summed E-state index contributed by atoms with van der Waals surface area (Å²) in [6.07, 6.45) is 0.813. The van der Waals surface area contributed by atoms with Gasteiger partial charge < -0.3 is 28.8 Å². The monoisotopic (exact) mass is 424 g/mol. The van der Waals surface area contributed by atoms with Crippen molar-refractivity contribution < 1.29 is 28.3 Å². The summed E-state index contributed by atoms with van der Waals surface area (Å²) in [5.41, 5.74) is 2.42. The van der Waals surface area contributed by atoms with Crippen LogP contribution >= 0.6 is 0 Å². The first-order valence-electron chi connectivity index (χ1n) is 9.99. The van der Waals surface area contributed by atoms with Crippen molar-refractivity contribution in [2.45, 2.75) is 12.8 Å². The highest BCUT2D eigenvalue weighted by Crippen LogP contribution is 2.34. The van der Waals surface area contributed by atoms with Crippen LogP contribution in [0.1, 0.15) is 11.3 Å². The molecule has 0 atom stereocenters. The Morgan fingerprint density at radius 3 is 2.61 bits per heavy atom. The standard InChI is InChI=1S/C23H24N2O6/c1-27-18-5-3-15(11-21(18)28-2)7-8-24-23(26)14-17-13-20(31-25-17)16-4-6-19-22(12-16)30-10-9-29-19/h3-6,11-13H,7-10,14H2,1-2H3,(H,24,26). The molecule has 2 aromatic carbocycles. The Kier molecular flexibility index (Phi) is 6.26. The van der Waals surface area contributed by atoms with Gasteiger partial charge in [-0.25, -0.2) is 0 Å². The van der Waals surface area contributed by atoms with Gasteiger partial charge in [-0.2, -0.15) is 0 Å². The molecular weight excluding hydrogens is 400 g/mol. The van der Waals surface area contributed by atoms with Crippen LogP contribution in [0.25, 0.3) is 11.3 Å². The highest BCUT2D eigenvalue weighted by Gasteiger charge is 2.16. The zero-order valence-corrected chi connectivity index (χ0v) is 17.5. The van der Waals surface area contributed by atoms with E-state index in [4.69, 9.17) is 23.5 Å². The average Bonchev–Trinajstić information content (AvgIpc) is 3.27. The molecule has 1 amide bonds. The van der Waals surface area contributed by atoms with Gasteiger partial charge in [0.25, 0.3) is 0 Å². The number of ether oxygens (including phenoxy) is 4. The minimum absolute atomic E-state index is 0.123. The molecule has 0 unspecified atom stereocenters. The number of hydrogen-bond acceptors (Lipinski definition) is 7. The third-order valence-electron chi connectivity index (χ3n) is 4.91. The second-order valence-corrected chi connectivity index (χ2v) is 7.01. The van der Waals surface area contributed by atoms with Gasteiger partial charge in [-0.1, -0.05) is 11.2 Å². The molecule has 2 heterocycles. The van der Waals surface area contributed by atoms with Gasteiger partial charge in [0.05, 0.1) is 26.3 Å². The van der Waals surface area contributed by atoms with Crippen molar-refractivity contribution in [1.82, 2.24) is 10.5 Å². The molecule has 4 rings (SSSR count). The molecule has 0 fully saturated rings. The Bertz CT molecular complexity index is 1060. The molecule has 1 aromatic heterocycles. The normalized spacial score (nSPS) is 12.3. The van der Waals surface area contributed by atoms with Gasteiger partial charge in [0.15, 0.2) is 28.8 Å². The van der Waals surface area contributed by atoms with E-state index in [-0.39, 0.29) is 12.3 Å². The molecule has 1 N–H and O–H groups in total. The lowest BCUT2D eigenvalue weighted by Gasteiger charge is -2.18. The SMILES string of the molecule is COc1ccc(CCNC(=O)Cc2cc(-c3ccc4c(c3)OCCO4)on2)cc1OC. The molecule has 162 valence electrons. The van der Waals surface area contributed by atoms with Crippen LogP contribution < -0.4 is 24.3 Å². The van der Waals surface area contributed by atoms with E-state index in [9.17, 15) is 4.79 Å². The van der Waals surface area contributed by atoms with Crippen molar-refractivity contribution in [3.63, 3.8) is 0 Å². The maximum atomic E-state index is 12.3. The second-order valence-electron chi connectivity index (χ2n) is 7.01. The van der Waals surface area contributed by atoms with Crippen molar-refractivity contribution >= 4 is 5.91 Å². The summed E-state index contributed by atoms with van der Waals surface area (Å²) in [7, 11) is 3.20. The first-order chi connectivity index (χ1) is 15.2. The number of fused-ring (bicyclic) bond motifs is 1. The molecule has 0 aliphatic carbocycles. The Balaban J connectivity index is 1.30. The van der Waals surface area contributed by atoms with Crippen LogP contribution in [0, 0.1) is 0 Å². The summed E-state index contributed by atoms with van der Waals surface area (Å²) in [5, 5.41) is 6.92. The Labute approximate surface area is 180 Å². The zero-order chi connectivity index (χ0) is 21.6. The predicted molar refractivity (Wildman–Crippen MR) is 113 cm³/mol. The largest absolute Gasteiger partial charge is 0.493 e. The van der Waals surface area contributed by atoms with Crippen LogP contribution in [0.4, 0.5) is 0 Å². The Morgan fingerprint density at radius 1 is 1.00 bits per heavy atom. The van der Waals surface area contributed by atoms with Gasteiger partial charge in [0, 0.05) is 18.2 Å². The lowest BCUT2D eigenvalue weighted by Crippen LogP contribution is -2.27. The summed E-state index contributed by atoms with van der Waals surface area (Å²) in [6, 6.07) is 13.0. The van der Waals surface area contributed by atoms with E-state index in [1.54, 1.807) is 20.3 Å². The quantitative estimate of drug-likeness (QED) is 0.594. The van der Waals surface area contributed by atoms with Gasteiger partial charge in [-0.05, 0) is 42.3 Å². The Hall–Kier alpha value is -3.68. The third kappa shape index (κ3) is 4.91. The summed E-state index contributed by atoms with van der Waals surface area (Å²) < 4.78 is 27.1. The number of methoxy groups -OCH3 is 2. The molecular formula is C23H24N2O6. The minimum atomic E-state index is -0.123. The summed E-state index contributed by atoms with van der Waals surface area (Å²) >= 11 is 0. The number of carbonyl (C=O) groups excluding carboxylic acids is 1. The topological polar surface area (TPSA) is 92.1 Å². The molecule has 0 bridgehead atoms. The predicted octanol–water partition coefficient (Wildman–Crippen LogP) is 3.03. The van der Waals surface area contributed by atoms with Crippen LogP contribution in [0.5, 0.6) is 23.0 Å². The first kappa shape index (κ1) is 20.6. The van der Waals surface area contributed by atoms with E-state index in [0.717, 1.165) is 11.1 Å². The van der Waals surface area contributed by atoms with Gasteiger partial charge in [0.1, 0.15) is 13.2 Å². The molecule has 0 radical (unpaired) electrons. The van der Waals surface area contributed by atoms with E-state index in [1.807, 2.05) is 36.4 Å². The maximum Gasteiger partial charge on any atom is 0.226 e. The molecule has 1 aliphatic heterocycles. The van der Waals surface area contributed by atoms with Gasteiger partial charge in [0.2, 0.25) is 5.91 Å². The van der Waals surface area contributed by atoms with E-state index in [1.165, 1.54) is 0 Å². The fourth-order valence-corrected chi connectivity index (χ4v) is 3.34. The minimum Gasteiger partial charge on any atom is -0.493 e. The number of benzene rings is 2. The molecule has 31 heavy (non-hydrogen) atoms. The van der Waals surface area contributed by atoms with Gasteiger partial charge >= 0.3 is 0 Å². The molecule has 8 heteroatoms. The highest BCUT2D eigenvalue weighted by molar-refractivity contribution is 5.78. The van der Waals surface area contributed by atoms with Crippen LogP contribution in [0.15, 0.2) is 47.0 Å². The van der Waals surface area contributed by atoms with Crippen molar-refractivity contribution in [1.29, 1.82) is 0 Å². The third-order valence-corrected chi connectivity index (χ3v) is 4.91. The highest BCUT2D eigenvalue weighted by atomic mass is 16.6. The van der Waals surface area contributed by atoms with Crippen molar-refractivity contribution in [2.24, 2.45) is 0 Å². The number of rotatable bonds is 8. The molecule has 0 spiro atoms. The van der Waals surface area contributed by atoms with E-state index < -0.39 is 0 Å². The average molecular weight is 424 g/mol. The number of nitrogens with zero attached hydrogens (tertiary/aromatic N) is 1. The van der Waals surface area contributed by atoms with Crippen LogP contribution in [0.2, 0.25) is 0 Å². The van der Waals surface area contributed by atoms with Crippen LogP contribution in [0.3, 0.4) is 0 Å². The van der Waals surface area contributed by atoms with Gasteiger partial charge in [-0.15, -0.1) is 0 Å². The smallest absolute Gasteiger partial charge is 0.226 e. The lowest BCUT2D eigenvalue weighted by molar-refractivity contribution is -0.120. The maximum absolute atomic E-state index is 12.3. The van der Waals surface area contributed by atoms with E-state index in [2.05, 4.69) is 10.5 Å². The number of amides is 1. The summed E-state index contributed by atoms with van der Waals surface area (Å²) in [4.78, 5) is 12.3.